The summed E-state index contributed by atoms with van der Waals surface area (Å²) in [4.78, 5) is 4.93. The second kappa shape index (κ2) is 5.35. The Bertz CT molecular complexity index is 1010. The molecule has 5 heteroatoms. The molecule has 0 bridgehead atoms. The molecule has 118 valence electrons. The number of pyridine rings is 1. The third-order valence-corrected chi connectivity index (χ3v) is 5.04. The zero-order chi connectivity index (χ0) is 16.8. The van der Waals surface area contributed by atoms with Crippen molar-refractivity contribution in [1.29, 1.82) is 0 Å². The molecule has 0 aliphatic carbocycles. The van der Waals surface area contributed by atoms with E-state index < -0.39 is 9.84 Å². The number of benzene rings is 2. The number of nitrogens with zero attached hydrogens (tertiary/aromatic N) is 1. The number of aromatic nitrogens is 1. The molecule has 0 atom stereocenters. The molecule has 4 nitrogen and oxygen atoms in total. The van der Waals surface area contributed by atoms with Crippen LogP contribution < -0.4 is 0 Å². The second-order valence-electron chi connectivity index (χ2n) is 5.78. The lowest BCUT2D eigenvalue weighted by Crippen LogP contribution is -1.96. The van der Waals surface area contributed by atoms with Crippen LogP contribution in [0.5, 0.6) is 5.75 Å². The van der Waals surface area contributed by atoms with Gasteiger partial charge in [-0.15, -0.1) is 0 Å². The summed E-state index contributed by atoms with van der Waals surface area (Å²) in [5.41, 5.74) is 4.22. The SMILES string of the molecule is Cc1cc2nc(-c3ccc(S(C)(=O)=O)cc3)cc(C)c2cc1O. The summed E-state index contributed by atoms with van der Waals surface area (Å²) in [6.07, 6.45) is 1.19. The number of aromatic hydroxyl groups is 1. The molecule has 0 saturated heterocycles. The summed E-state index contributed by atoms with van der Waals surface area (Å²) in [5, 5.41) is 10.8. The molecule has 0 fully saturated rings. The molecule has 1 heterocycles. The fraction of sp³-hybridized carbons (Fsp3) is 0.167. The molecule has 0 amide bonds. The Labute approximate surface area is 135 Å². The highest BCUT2D eigenvalue weighted by atomic mass is 32.2. The average Bonchev–Trinajstić information content (AvgIpc) is 2.48. The summed E-state index contributed by atoms with van der Waals surface area (Å²) < 4.78 is 23.1. The van der Waals surface area contributed by atoms with Crippen molar-refractivity contribution in [2.24, 2.45) is 0 Å². The van der Waals surface area contributed by atoms with E-state index in [1.165, 1.54) is 6.26 Å². The Hall–Kier alpha value is -2.40. The van der Waals surface area contributed by atoms with Crippen molar-refractivity contribution in [1.82, 2.24) is 4.98 Å². The van der Waals surface area contributed by atoms with Crippen LogP contribution >= 0.6 is 0 Å². The highest BCUT2D eigenvalue weighted by molar-refractivity contribution is 7.90. The van der Waals surface area contributed by atoms with E-state index in [1.807, 2.05) is 26.0 Å². The van der Waals surface area contributed by atoms with Crippen LogP contribution in [0.4, 0.5) is 0 Å². The van der Waals surface area contributed by atoms with Crippen LogP contribution in [0.15, 0.2) is 47.4 Å². The van der Waals surface area contributed by atoms with Gasteiger partial charge in [-0.05, 0) is 55.3 Å². The molecule has 1 aromatic heterocycles. The Kier molecular flexibility index (Phi) is 3.60. The maximum atomic E-state index is 11.5. The van der Waals surface area contributed by atoms with Gasteiger partial charge in [0.1, 0.15) is 5.75 Å². The van der Waals surface area contributed by atoms with Crippen LogP contribution in [-0.2, 0) is 9.84 Å². The van der Waals surface area contributed by atoms with Gasteiger partial charge in [-0.1, -0.05) is 12.1 Å². The van der Waals surface area contributed by atoms with Gasteiger partial charge in [0, 0.05) is 17.2 Å². The Balaban J connectivity index is 2.15. The summed E-state index contributed by atoms with van der Waals surface area (Å²) >= 11 is 0. The summed E-state index contributed by atoms with van der Waals surface area (Å²) in [7, 11) is -3.20. The first-order valence-electron chi connectivity index (χ1n) is 7.17. The van der Waals surface area contributed by atoms with Crippen LogP contribution in [-0.4, -0.2) is 24.8 Å². The van der Waals surface area contributed by atoms with E-state index in [4.69, 9.17) is 0 Å². The molecule has 0 spiro atoms. The molecule has 0 radical (unpaired) electrons. The zero-order valence-corrected chi connectivity index (χ0v) is 14.0. The van der Waals surface area contributed by atoms with Crippen molar-refractivity contribution in [3.63, 3.8) is 0 Å². The van der Waals surface area contributed by atoms with Crippen molar-refractivity contribution >= 4 is 20.7 Å². The first-order valence-corrected chi connectivity index (χ1v) is 9.06. The number of hydrogen-bond donors (Lipinski definition) is 1. The van der Waals surface area contributed by atoms with E-state index in [2.05, 4.69) is 4.98 Å². The van der Waals surface area contributed by atoms with Crippen LogP contribution in [0.25, 0.3) is 22.2 Å². The smallest absolute Gasteiger partial charge is 0.175 e. The number of fused-ring (bicyclic) bond motifs is 1. The molecule has 1 N–H and O–H groups in total. The monoisotopic (exact) mass is 327 g/mol. The lowest BCUT2D eigenvalue weighted by atomic mass is 10.0. The quantitative estimate of drug-likeness (QED) is 0.780. The predicted octanol–water partition coefficient (Wildman–Crippen LogP) is 3.63. The van der Waals surface area contributed by atoms with Gasteiger partial charge >= 0.3 is 0 Å². The molecule has 0 saturated carbocycles. The van der Waals surface area contributed by atoms with Gasteiger partial charge in [0.05, 0.1) is 16.1 Å². The van der Waals surface area contributed by atoms with Crippen molar-refractivity contribution < 1.29 is 13.5 Å². The minimum Gasteiger partial charge on any atom is -0.508 e. The first-order chi connectivity index (χ1) is 10.8. The number of hydrogen-bond acceptors (Lipinski definition) is 4. The van der Waals surface area contributed by atoms with Gasteiger partial charge < -0.3 is 5.11 Å². The number of rotatable bonds is 2. The van der Waals surface area contributed by atoms with Gasteiger partial charge in [-0.25, -0.2) is 13.4 Å². The molecule has 23 heavy (non-hydrogen) atoms. The molecule has 3 aromatic rings. The summed E-state index contributed by atoms with van der Waals surface area (Å²) in [6, 6.07) is 12.2. The van der Waals surface area contributed by atoms with Crippen molar-refractivity contribution in [3.8, 4) is 17.0 Å². The van der Waals surface area contributed by atoms with Gasteiger partial charge in [0.2, 0.25) is 0 Å². The van der Waals surface area contributed by atoms with Crippen LogP contribution in [0.2, 0.25) is 0 Å². The van der Waals surface area contributed by atoms with Crippen LogP contribution in [0, 0.1) is 13.8 Å². The van der Waals surface area contributed by atoms with E-state index in [9.17, 15) is 13.5 Å². The van der Waals surface area contributed by atoms with E-state index in [1.54, 1.807) is 30.3 Å². The Morgan fingerprint density at radius 1 is 0.957 bits per heavy atom. The first kappa shape index (κ1) is 15.5. The average molecular weight is 327 g/mol. The second-order valence-corrected chi connectivity index (χ2v) is 7.79. The lowest BCUT2D eigenvalue weighted by Gasteiger charge is -2.09. The predicted molar refractivity (Wildman–Crippen MR) is 91.4 cm³/mol. The standard InChI is InChI=1S/C18H17NO3S/c1-11-8-16(13-4-6-14(7-5-13)23(3,21)22)19-17-9-12(2)18(20)10-15(11)17/h4-10,20H,1-3H3. The molecular formula is C18H17NO3S. The fourth-order valence-electron chi connectivity index (χ4n) is 2.56. The zero-order valence-electron chi connectivity index (χ0n) is 13.2. The van der Waals surface area contributed by atoms with Crippen molar-refractivity contribution in [2.45, 2.75) is 18.7 Å². The van der Waals surface area contributed by atoms with Gasteiger partial charge in [0.25, 0.3) is 0 Å². The van der Waals surface area contributed by atoms with E-state index in [0.717, 1.165) is 33.3 Å². The Morgan fingerprint density at radius 3 is 2.22 bits per heavy atom. The molecule has 2 aromatic carbocycles. The highest BCUT2D eigenvalue weighted by Crippen LogP contribution is 2.29. The van der Waals surface area contributed by atoms with E-state index >= 15 is 0 Å². The maximum absolute atomic E-state index is 11.5. The molecule has 3 rings (SSSR count). The third-order valence-electron chi connectivity index (χ3n) is 3.91. The third kappa shape index (κ3) is 2.92. The summed E-state index contributed by atoms with van der Waals surface area (Å²) in [5.74, 6) is 0.257. The topological polar surface area (TPSA) is 67.3 Å². The van der Waals surface area contributed by atoms with E-state index in [-0.39, 0.29) is 5.75 Å². The highest BCUT2D eigenvalue weighted by Gasteiger charge is 2.10. The molecule has 0 aliphatic heterocycles. The molecule has 0 aliphatic rings. The molecular weight excluding hydrogens is 310 g/mol. The maximum Gasteiger partial charge on any atom is 0.175 e. The van der Waals surface area contributed by atoms with Crippen molar-refractivity contribution in [2.75, 3.05) is 6.26 Å². The van der Waals surface area contributed by atoms with Gasteiger partial charge in [-0.3, -0.25) is 0 Å². The van der Waals surface area contributed by atoms with Gasteiger partial charge in [0.15, 0.2) is 9.84 Å². The normalized spacial score (nSPS) is 11.8. The van der Waals surface area contributed by atoms with Crippen molar-refractivity contribution in [3.05, 3.63) is 53.6 Å². The van der Waals surface area contributed by atoms with Gasteiger partial charge in [-0.2, -0.15) is 0 Å². The number of sulfone groups is 1. The van der Waals surface area contributed by atoms with Crippen LogP contribution in [0.1, 0.15) is 11.1 Å². The number of aryl methyl sites for hydroxylation is 2. The lowest BCUT2D eigenvalue weighted by molar-refractivity contribution is 0.472. The number of phenolic OH excluding ortho intramolecular Hbond substituents is 1. The fourth-order valence-corrected chi connectivity index (χ4v) is 3.19. The minimum absolute atomic E-state index is 0.257. The Morgan fingerprint density at radius 2 is 1.61 bits per heavy atom. The summed E-state index contributed by atoms with van der Waals surface area (Å²) in [6.45, 7) is 3.80. The largest absolute Gasteiger partial charge is 0.508 e. The minimum atomic E-state index is -3.20. The van der Waals surface area contributed by atoms with Crippen LogP contribution in [0.3, 0.4) is 0 Å². The number of phenols is 1. The molecule has 0 unspecified atom stereocenters. The van der Waals surface area contributed by atoms with E-state index in [0.29, 0.717) is 4.90 Å².